The van der Waals surface area contributed by atoms with Gasteiger partial charge in [-0.1, -0.05) is 32.9 Å². The van der Waals surface area contributed by atoms with Gasteiger partial charge in [0.2, 0.25) is 0 Å². The van der Waals surface area contributed by atoms with Crippen LogP contribution in [0.25, 0.3) is 94.1 Å². The third-order valence-electron chi connectivity index (χ3n) is 15.1. The zero-order valence-corrected chi connectivity index (χ0v) is 48.1. The van der Waals surface area contributed by atoms with Gasteiger partial charge in [-0.05, 0) is 17.0 Å². The third-order valence-corrected chi connectivity index (χ3v) is 16.1. The van der Waals surface area contributed by atoms with Crippen molar-refractivity contribution in [3.8, 4) is 45.3 Å². The van der Waals surface area contributed by atoms with Crippen molar-refractivity contribution in [2.75, 3.05) is 0 Å². The van der Waals surface area contributed by atoms with Gasteiger partial charge in [0.25, 0.3) is 0 Å². The molecule has 7 heteroatoms. The molecule has 0 unspecified atom stereocenters. The third kappa shape index (κ3) is 8.89. The van der Waals surface area contributed by atoms with E-state index in [9.17, 15) is 2.74 Å². The van der Waals surface area contributed by atoms with Crippen molar-refractivity contribution >= 4 is 60.3 Å². The molecule has 0 aliphatic carbocycles. The summed E-state index contributed by atoms with van der Waals surface area (Å²) in [5.74, 6) is 2.05. The van der Waals surface area contributed by atoms with E-state index in [-0.39, 0.29) is 33.9 Å². The fraction of sp³-hybridized carbons (Fsp3) is 0.229. The van der Waals surface area contributed by atoms with Crippen molar-refractivity contribution in [1.82, 2.24) is 18.5 Å². The van der Waals surface area contributed by atoms with Gasteiger partial charge in [-0.15, -0.1) is 0 Å². The van der Waals surface area contributed by atoms with E-state index in [4.69, 9.17) is 18.3 Å². The summed E-state index contributed by atoms with van der Waals surface area (Å²) in [6.07, 6.45) is 1.89. The molecule has 388 valence electrons. The number of nitrogens with zero attached hydrogens (tertiary/aromatic N) is 4. The Kier molecular flexibility index (Phi) is 10.6. The van der Waals surface area contributed by atoms with E-state index in [1.54, 1.807) is 0 Å². The topological polar surface area (TPSA) is 49.5 Å². The minimum absolute atomic E-state index is 0.0796. The molecule has 0 fully saturated rings. The van der Waals surface area contributed by atoms with Crippen molar-refractivity contribution in [2.45, 2.75) is 105 Å². The molecule has 0 bridgehead atoms. The number of aromatic nitrogens is 4. The van der Waals surface area contributed by atoms with E-state index >= 15 is 0 Å². The average Bonchev–Trinajstić information content (AvgIpc) is 1.66. The van der Waals surface area contributed by atoms with E-state index in [0.29, 0.717) is 39.4 Å². The van der Waals surface area contributed by atoms with Gasteiger partial charge < -0.3 is 0 Å². The molecule has 0 saturated heterocycles. The Morgan fingerprint density at radius 2 is 1.04 bits per heavy atom. The van der Waals surface area contributed by atoms with Crippen LogP contribution in [0.3, 0.4) is 0 Å². The van der Waals surface area contributed by atoms with Crippen molar-refractivity contribution in [3.05, 3.63) is 208 Å². The Morgan fingerprint density at radius 3 is 1.73 bits per heavy atom. The fourth-order valence-electron chi connectivity index (χ4n) is 10.7. The van der Waals surface area contributed by atoms with Crippen LogP contribution in [0.1, 0.15) is 112 Å². The average molecular weight is 1200 g/mol. The van der Waals surface area contributed by atoms with Gasteiger partial charge in [0.05, 0.1) is 0 Å². The molecule has 0 saturated carbocycles. The summed E-state index contributed by atoms with van der Waals surface area (Å²) in [7, 11) is 0. The summed E-state index contributed by atoms with van der Waals surface area (Å²) in [6.45, 7) is 26.5. The maximum absolute atomic E-state index is 9.65. The number of hydrogen-bond donors (Lipinski definition) is 0. The van der Waals surface area contributed by atoms with Crippen molar-refractivity contribution in [1.29, 1.82) is 0 Å². The molecule has 0 amide bonds. The monoisotopic (exact) mass is 1190 g/mol. The number of ether oxygens (including phenoxy) is 1. The van der Waals surface area contributed by atoms with Gasteiger partial charge in [0.15, 0.2) is 0 Å². The summed E-state index contributed by atoms with van der Waals surface area (Å²) in [5.41, 5.74) is 12.3. The summed E-state index contributed by atoms with van der Waals surface area (Å²) in [5, 5.41) is 4.02. The van der Waals surface area contributed by atoms with Crippen LogP contribution in [-0.4, -0.2) is 18.5 Å². The molecule has 6 nitrogen and oxygen atoms in total. The summed E-state index contributed by atoms with van der Waals surface area (Å²) >= 11 is 2.41. The van der Waals surface area contributed by atoms with Gasteiger partial charge in [-0.2, -0.15) is 0 Å². The Balaban J connectivity index is 1.19. The molecular formula is C70H66N4O2Pt. The molecule has 0 radical (unpaired) electrons. The number of rotatable bonds is 6. The molecule has 12 rings (SSSR count). The maximum atomic E-state index is 9.65. The molecule has 8 aromatic carbocycles. The van der Waals surface area contributed by atoms with Crippen LogP contribution >= 0.6 is 0 Å². The predicted octanol–water partition coefficient (Wildman–Crippen LogP) is 19.2. The van der Waals surface area contributed by atoms with E-state index in [1.807, 2.05) is 54.7 Å². The van der Waals surface area contributed by atoms with Crippen LogP contribution in [0, 0.1) is 3.80 Å². The van der Waals surface area contributed by atoms with Crippen molar-refractivity contribution in [3.63, 3.8) is 0 Å². The first kappa shape index (κ1) is 44.6. The molecule has 0 spiro atoms. The quantitative estimate of drug-likeness (QED) is 0.167. The van der Waals surface area contributed by atoms with E-state index in [0.717, 1.165) is 81.1 Å². The van der Waals surface area contributed by atoms with Crippen LogP contribution in [-0.2, 0) is 41.0 Å². The van der Waals surface area contributed by atoms with Gasteiger partial charge in [-0.25, -0.2) is 0 Å². The van der Waals surface area contributed by atoms with Crippen LogP contribution in [0.4, 0.5) is 0 Å². The minimum atomic E-state index is -0.444. The molecule has 12 aromatic rings. The Bertz CT molecular complexity index is 4680. The normalized spacial score (nSPS) is 13.7. The van der Waals surface area contributed by atoms with Crippen LogP contribution < -0.4 is 4.74 Å². The van der Waals surface area contributed by atoms with Crippen LogP contribution in [0.15, 0.2) is 186 Å². The van der Waals surface area contributed by atoms with Gasteiger partial charge >= 0.3 is 416 Å². The van der Waals surface area contributed by atoms with E-state index in [2.05, 4.69) is 213 Å². The van der Waals surface area contributed by atoms with Crippen LogP contribution in [0.2, 0.25) is 0 Å². The number of hydrogen-bond acceptors (Lipinski definition) is 3. The predicted molar refractivity (Wildman–Crippen MR) is 318 cm³/mol. The first-order chi connectivity index (χ1) is 38.7. The molecule has 77 heavy (non-hydrogen) atoms. The molecule has 0 N–H and O–H groups in total. The second-order valence-corrected chi connectivity index (χ2v) is 25.6. The molecule has 0 aliphatic rings. The standard InChI is InChI=1S/C70H66N4O2.Pt/c1-67(2,3)46-33-34-71-64(40-46)74-58-26-18-16-23-52(58)53-31-29-50(41-60(53)74)75-51-30-32-63-61(42-51)73-43-72(59-27-20-25-55(66(59)73)54-24-17-19-28-62(54)76-63)65-56(44-21-14-13-15-22-44)38-49(70(10,11)12)39-57(65)45-35-47(68(4,5)6)37-48(36-45)69(7,8)9;/h13-42H,1-12H3;/i13D,14D,15D,21D,22D;. The second-order valence-electron chi connectivity index (χ2n) is 24.6. The first-order valence-electron chi connectivity index (χ1n) is 28.9. The summed E-state index contributed by atoms with van der Waals surface area (Å²) in [4.78, 5) is 4.93. The second kappa shape index (κ2) is 18.3. The number of imidazole rings is 1. The number of fused-ring (bicyclic) bond motifs is 7. The molecular weight excluding hydrogens is 1120 g/mol. The number of benzene rings is 8. The van der Waals surface area contributed by atoms with E-state index < -0.39 is 23.5 Å². The Labute approximate surface area is 469 Å². The van der Waals surface area contributed by atoms with Crippen molar-refractivity contribution < 1.29 is 35.4 Å². The van der Waals surface area contributed by atoms with E-state index in [1.165, 1.54) is 5.56 Å². The summed E-state index contributed by atoms with van der Waals surface area (Å²) < 4.78 is 67.7. The zero-order chi connectivity index (χ0) is 58.3. The van der Waals surface area contributed by atoms with Gasteiger partial charge in [0, 0.05) is 6.20 Å². The van der Waals surface area contributed by atoms with Gasteiger partial charge in [-0.3, -0.25) is 0 Å². The first-order valence-corrected chi connectivity index (χ1v) is 27.6. The molecule has 0 aliphatic heterocycles. The van der Waals surface area contributed by atoms with Gasteiger partial charge in [0.1, 0.15) is 0 Å². The molecule has 0 atom stereocenters. The number of pyridine rings is 1. The SMILES string of the molecule is [2H]c1c([2H])c([2H])c(-c2cc(C(C)(C)C)cc(-c3cc(C(C)(C)C)cc(C(C)(C)C)c3)c2-n2[c](=[Pt])n3c4cc(Oc5ccc6c7ccccc7n(-c7cc(C(C)(C)C)ccn7)c6c5)ccc4oc4ccccc4c4cccc2c43)c([2H])c1[2H]. The van der Waals surface area contributed by atoms with Crippen molar-refractivity contribution in [2.24, 2.45) is 0 Å². The fourth-order valence-corrected chi connectivity index (χ4v) is 11.8. The Morgan fingerprint density at radius 1 is 0.468 bits per heavy atom. The summed E-state index contributed by atoms with van der Waals surface area (Å²) in [6, 6.07) is 48.6. The zero-order valence-electron chi connectivity index (χ0n) is 50.9. The Hall–Kier alpha value is -7.53. The molecule has 4 heterocycles. The molecule has 4 aromatic heterocycles. The number of para-hydroxylation sites is 3. The van der Waals surface area contributed by atoms with Crippen LogP contribution in [0.5, 0.6) is 11.5 Å².